The molecule has 0 saturated heterocycles. The average Bonchev–Trinajstić information content (AvgIpc) is 3.15. The van der Waals surface area contributed by atoms with Crippen LogP contribution in [-0.4, -0.2) is 33.9 Å². The molecular formula is C22H20N2O4. The molecule has 1 aliphatic heterocycles. The number of carbonyl (C=O) groups is 3. The van der Waals surface area contributed by atoms with Crippen molar-refractivity contribution in [1.82, 2.24) is 9.47 Å². The summed E-state index contributed by atoms with van der Waals surface area (Å²) in [4.78, 5) is 39.3. The van der Waals surface area contributed by atoms with E-state index in [0.717, 1.165) is 22.0 Å². The van der Waals surface area contributed by atoms with Gasteiger partial charge in [0.1, 0.15) is 6.61 Å². The first kappa shape index (κ1) is 18.0. The molecule has 28 heavy (non-hydrogen) atoms. The van der Waals surface area contributed by atoms with Crippen molar-refractivity contribution in [3.63, 3.8) is 0 Å². The van der Waals surface area contributed by atoms with E-state index >= 15 is 0 Å². The number of aryl methyl sites for hydroxylation is 2. The minimum absolute atomic E-state index is 0.0816. The minimum atomic E-state index is -0.685. The van der Waals surface area contributed by atoms with Gasteiger partial charge in [-0.05, 0) is 30.2 Å². The molecule has 0 unspecified atom stereocenters. The molecular weight excluding hydrogens is 356 g/mol. The van der Waals surface area contributed by atoms with Gasteiger partial charge in [0.05, 0.1) is 17.2 Å². The fourth-order valence-corrected chi connectivity index (χ4v) is 3.85. The zero-order valence-corrected chi connectivity index (χ0v) is 15.9. The predicted molar refractivity (Wildman–Crippen MR) is 104 cm³/mol. The van der Waals surface area contributed by atoms with Gasteiger partial charge in [0.2, 0.25) is 0 Å². The molecule has 6 heteroatoms. The molecule has 2 aromatic carbocycles. The molecule has 0 N–H and O–H groups in total. The molecule has 4 rings (SSSR count). The Kier molecular flexibility index (Phi) is 4.26. The summed E-state index contributed by atoms with van der Waals surface area (Å²) in [7, 11) is 1.90. The second kappa shape index (κ2) is 6.64. The van der Waals surface area contributed by atoms with Crippen molar-refractivity contribution in [3.8, 4) is 0 Å². The van der Waals surface area contributed by atoms with Gasteiger partial charge in [-0.15, -0.1) is 0 Å². The summed E-state index contributed by atoms with van der Waals surface area (Å²) >= 11 is 0. The van der Waals surface area contributed by atoms with Crippen molar-refractivity contribution in [2.75, 3.05) is 6.61 Å². The molecule has 142 valence electrons. The van der Waals surface area contributed by atoms with Crippen LogP contribution in [0.5, 0.6) is 0 Å². The third-order valence-corrected chi connectivity index (χ3v) is 5.19. The number of esters is 1. The van der Waals surface area contributed by atoms with E-state index in [1.807, 2.05) is 67.2 Å². The molecule has 2 heterocycles. The molecule has 1 aliphatic rings. The maximum absolute atomic E-state index is 13.4. The SMILES string of the molecule is CC(=O)OC[C@@H](c1ccccc1)N1C(=O)c2c(C)cc3c(ccn3C)c2C1=O. The van der Waals surface area contributed by atoms with E-state index in [2.05, 4.69) is 0 Å². The van der Waals surface area contributed by atoms with Gasteiger partial charge in [0.15, 0.2) is 0 Å². The number of amides is 2. The number of nitrogens with zero attached hydrogens (tertiary/aromatic N) is 2. The van der Waals surface area contributed by atoms with Crippen LogP contribution in [0.1, 0.15) is 44.8 Å². The second-order valence-electron chi connectivity index (χ2n) is 7.01. The third kappa shape index (κ3) is 2.69. The van der Waals surface area contributed by atoms with Gasteiger partial charge in [-0.3, -0.25) is 19.3 Å². The fourth-order valence-electron chi connectivity index (χ4n) is 3.85. The van der Waals surface area contributed by atoms with Crippen LogP contribution < -0.4 is 0 Å². The molecule has 3 aromatic rings. The number of rotatable bonds is 4. The Morgan fingerprint density at radius 2 is 1.75 bits per heavy atom. The molecule has 1 aromatic heterocycles. The Bertz CT molecular complexity index is 1110. The Labute approximate surface area is 162 Å². The van der Waals surface area contributed by atoms with Gasteiger partial charge in [0, 0.05) is 31.1 Å². The summed E-state index contributed by atoms with van der Waals surface area (Å²) in [5.74, 6) is -1.18. The van der Waals surface area contributed by atoms with Crippen LogP contribution in [-0.2, 0) is 16.6 Å². The molecule has 0 spiro atoms. The highest BCUT2D eigenvalue weighted by atomic mass is 16.5. The Hall–Kier alpha value is -3.41. The summed E-state index contributed by atoms with van der Waals surface area (Å²) in [6.07, 6.45) is 1.87. The van der Waals surface area contributed by atoms with Crippen molar-refractivity contribution in [3.05, 3.63) is 70.9 Å². The van der Waals surface area contributed by atoms with Gasteiger partial charge >= 0.3 is 5.97 Å². The molecule has 1 atom stereocenters. The van der Waals surface area contributed by atoms with Crippen LogP contribution in [0.15, 0.2) is 48.7 Å². The van der Waals surface area contributed by atoms with Gasteiger partial charge < -0.3 is 9.30 Å². The van der Waals surface area contributed by atoms with Gasteiger partial charge in [0.25, 0.3) is 11.8 Å². The van der Waals surface area contributed by atoms with Gasteiger partial charge in [-0.1, -0.05) is 30.3 Å². The zero-order valence-electron chi connectivity index (χ0n) is 15.9. The number of aromatic nitrogens is 1. The van der Waals surface area contributed by atoms with E-state index in [9.17, 15) is 14.4 Å². The van der Waals surface area contributed by atoms with E-state index in [0.29, 0.717) is 11.1 Å². The van der Waals surface area contributed by atoms with Gasteiger partial charge in [-0.2, -0.15) is 0 Å². The van der Waals surface area contributed by atoms with E-state index in [-0.39, 0.29) is 18.4 Å². The lowest BCUT2D eigenvalue weighted by molar-refractivity contribution is -0.142. The van der Waals surface area contributed by atoms with E-state index in [1.165, 1.54) is 11.8 Å². The van der Waals surface area contributed by atoms with Crippen molar-refractivity contribution in [2.24, 2.45) is 7.05 Å². The highest BCUT2D eigenvalue weighted by Crippen LogP contribution is 2.37. The number of hydrogen-bond acceptors (Lipinski definition) is 4. The van der Waals surface area contributed by atoms with Crippen molar-refractivity contribution in [2.45, 2.75) is 19.9 Å². The highest BCUT2D eigenvalue weighted by molar-refractivity contribution is 6.27. The van der Waals surface area contributed by atoms with Crippen LogP contribution >= 0.6 is 0 Å². The van der Waals surface area contributed by atoms with Crippen LogP contribution in [0, 0.1) is 6.92 Å². The number of fused-ring (bicyclic) bond motifs is 3. The third-order valence-electron chi connectivity index (χ3n) is 5.19. The zero-order chi connectivity index (χ0) is 20.0. The first-order chi connectivity index (χ1) is 13.4. The fraction of sp³-hybridized carbons (Fsp3) is 0.227. The first-order valence-corrected chi connectivity index (χ1v) is 9.05. The van der Waals surface area contributed by atoms with Crippen LogP contribution in [0.25, 0.3) is 10.9 Å². The molecule has 0 bridgehead atoms. The van der Waals surface area contributed by atoms with Crippen molar-refractivity contribution in [1.29, 1.82) is 0 Å². The van der Waals surface area contributed by atoms with Crippen LogP contribution in [0.2, 0.25) is 0 Å². The number of imide groups is 1. The average molecular weight is 376 g/mol. The maximum atomic E-state index is 13.4. The molecule has 6 nitrogen and oxygen atoms in total. The molecule has 0 fully saturated rings. The first-order valence-electron chi connectivity index (χ1n) is 9.05. The number of ether oxygens (including phenoxy) is 1. The standard InChI is InChI=1S/C22H20N2O4/c1-13-11-17-16(9-10-23(17)3)20-19(13)21(26)24(22(20)27)18(12-28-14(2)25)15-7-5-4-6-8-15/h4-11,18H,12H2,1-3H3/t18-/m0/s1. The van der Waals surface area contributed by atoms with Crippen molar-refractivity contribution >= 4 is 28.7 Å². The maximum Gasteiger partial charge on any atom is 0.302 e. The summed E-state index contributed by atoms with van der Waals surface area (Å²) in [6, 6.07) is 12.2. The molecule has 0 aliphatic carbocycles. The molecule has 0 saturated carbocycles. The Morgan fingerprint density at radius 3 is 2.43 bits per heavy atom. The van der Waals surface area contributed by atoms with Crippen molar-refractivity contribution < 1.29 is 19.1 Å². The summed E-state index contributed by atoms with van der Waals surface area (Å²) in [5.41, 5.74) is 3.23. The Morgan fingerprint density at radius 1 is 1.07 bits per heavy atom. The quantitative estimate of drug-likeness (QED) is 0.517. The van der Waals surface area contributed by atoms with Crippen LogP contribution in [0.4, 0.5) is 0 Å². The topological polar surface area (TPSA) is 68.6 Å². The lowest BCUT2D eigenvalue weighted by Gasteiger charge is -2.26. The summed E-state index contributed by atoms with van der Waals surface area (Å²) in [5, 5.41) is 0.753. The number of carbonyl (C=O) groups excluding carboxylic acids is 3. The summed E-state index contributed by atoms with van der Waals surface area (Å²) < 4.78 is 7.13. The lowest BCUT2D eigenvalue weighted by Crippen LogP contribution is -2.37. The monoisotopic (exact) mass is 376 g/mol. The lowest BCUT2D eigenvalue weighted by atomic mass is 10.00. The Balaban J connectivity index is 1.85. The van der Waals surface area contributed by atoms with E-state index in [4.69, 9.17) is 4.74 Å². The van der Waals surface area contributed by atoms with Crippen LogP contribution in [0.3, 0.4) is 0 Å². The molecule has 2 amide bonds. The number of hydrogen-bond donors (Lipinski definition) is 0. The van der Waals surface area contributed by atoms with Gasteiger partial charge in [-0.25, -0.2) is 0 Å². The number of benzene rings is 2. The molecule has 0 radical (unpaired) electrons. The van der Waals surface area contributed by atoms with E-state index < -0.39 is 12.0 Å². The van der Waals surface area contributed by atoms with E-state index in [1.54, 1.807) is 0 Å². The largest absolute Gasteiger partial charge is 0.463 e. The summed E-state index contributed by atoms with van der Waals surface area (Å²) in [6.45, 7) is 3.06. The second-order valence-corrected chi connectivity index (χ2v) is 7.01. The smallest absolute Gasteiger partial charge is 0.302 e. The normalized spacial score (nSPS) is 14.5. The highest BCUT2D eigenvalue weighted by Gasteiger charge is 2.43. The minimum Gasteiger partial charge on any atom is -0.463 e. The predicted octanol–water partition coefficient (Wildman–Crippen LogP) is 3.39.